The van der Waals surface area contributed by atoms with Crippen LogP contribution in [0.5, 0.6) is 0 Å². The average Bonchev–Trinajstić information content (AvgIpc) is 2.39. The Bertz CT molecular complexity index is 634. The molecule has 0 radical (unpaired) electrons. The number of rotatable bonds is 3. The molecular weight excluding hydrogens is 263 g/mol. The first-order valence-corrected chi connectivity index (χ1v) is 6.15. The van der Waals surface area contributed by atoms with Crippen LogP contribution in [0.3, 0.4) is 0 Å². The molecule has 0 amide bonds. The average molecular weight is 275 g/mol. The van der Waals surface area contributed by atoms with Gasteiger partial charge < -0.3 is 5.32 Å². The Hall–Kier alpha value is -2.05. The van der Waals surface area contributed by atoms with E-state index >= 15 is 0 Å². The summed E-state index contributed by atoms with van der Waals surface area (Å²) < 4.78 is 13.2. The molecule has 0 aliphatic rings. The fourth-order valence-electron chi connectivity index (χ4n) is 1.78. The highest BCUT2D eigenvalue weighted by atomic mass is 35.5. The molecule has 0 fully saturated rings. The first-order chi connectivity index (χ1) is 9.10. The summed E-state index contributed by atoms with van der Waals surface area (Å²) in [6.07, 6.45) is 0. The van der Waals surface area contributed by atoms with Crippen molar-refractivity contribution in [1.82, 2.24) is 0 Å². The van der Waals surface area contributed by atoms with Crippen LogP contribution in [-0.2, 0) is 0 Å². The molecule has 4 heteroatoms. The Morgan fingerprint density at radius 1 is 1.26 bits per heavy atom. The van der Waals surface area contributed by atoms with Gasteiger partial charge in [0.2, 0.25) is 0 Å². The van der Waals surface area contributed by atoms with Crippen LogP contribution in [0, 0.1) is 24.1 Å². The Morgan fingerprint density at radius 3 is 2.68 bits per heavy atom. The third kappa shape index (κ3) is 3.24. The lowest BCUT2D eigenvalue weighted by molar-refractivity contribution is 0.617. The van der Waals surface area contributed by atoms with Gasteiger partial charge in [-0.25, -0.2) is 4.39 Å². The molecule has 0 saturated carbocycles. The van der Waals surface area contributed by atoms with E-state index in [-0.39, 0.29) is 5.82 Å². The highest BCUT2D eigenvalue weighted by Gasteiger charge is 2.11. The monoisotopic (exact) mass is 274 g/mol. The molecule has 1 N–H and O–H groups in total. The highest BCUT2D eigenvalue weighted by molar-refractivity contribution is 6.30. The van der Waals surface area contributed by atoms with Crippen molar-refractivity contribution in [2.24, 2.45) is 0 Å². The lowest BCUT2D eigenvalue weighted by Crippen LogP contribution is -2.08. The molecule has 0 aliphatic heterocycles. The molecule has 2 aromatic rings. The van der Waals surface area contributed by atoms with Gasteiger partial charge in [-0.05, 0) is 42.3 Å². The summed E-state index contributed by atoms with van der Waals surface area (Å²) in [5, 5.41) is 12.9. The Morgan fingerprint density at radius 2 is 2.05 bits per heavy atom. The van der Waals surface area contributed by atoms with Crippen LogP contribution in [0.4, 0.5) is 10.1 Å². The van der Waals surface area contributed by atoms with Crippen molar-refractivity contribution in [2.45, 2.75) is 13.0 Å². The summed E-state index contributed by atoms with van der Waals surface area (Å²) in [5.41, 5.74) is 1.99. The Balaban J connectivity index is 2.25. The Labute approximate surface area is 116 Å². The molecule has 1 unspecified atom stereocenters. The number of benzene rings is 2. The number of nitrogens with zero attached hydrogens (tertiary/aromatic N) is 1. The van der Waals surface area contributed by atoms with Gasteiger partial charge in [-0.3, -0.25) is 0 Å². The van der Waals surface area contributed by atoms with Crippen molar-refractivity contribution in [1.29, 1.82) is 5.26 Å². The quantitative estimate of drug-likeness (QED) is 0.897. The van der Waals surface area contributed by atoms with E-state index in [4.69, 9.17) is 11.6 Å². The van der Waals surface area contributed by atoms with Crippen LogP contribution in [0.25, 0.3) is 0 Å². The van der Waals surface area contributed by atoms with E-state index in [2.05, 4.69) is 11.4 Å². The maximum atomic E-state index is 13.2. The van der Waals surface area contributed by atoms with Crippen LogP contribution in [0.15, 0.2) is 42.5 Å². The van der Waals surface area contributed by atoms with Gasteiger partial charge in [0, 0.05) is 10.7 Å². The summed E-state index contributed by atoms with van der Waals surface area (Å²) in [6, 6.07) is 13.4. The van der Waals surface area contributed by atoms with E-state index in [0.717, 1.165) is 11.3 Å². The second-order valence-corrected chi connectivity index (χ2v) is 4.66. The van der Waals surface area contributed by atoms with Gasteiger partial charge >= 0.3 is 0 Å². The maximum absolute atomic E-state index is 13.2. The molecule has 1 atom stereocenters. The van der Waals surface area contributed by atoms with E-state index in [1.165, 1.54) is 6.07 Å². The van der Waals surface area contributed by atoms with Crippen LogP contribution >= 0.6 is 11.6 Å². The molecular formula is C15H12ClFN2. The summed E-state index contributed by atoms with van der Waals surface area (Å²) in [5.74, 6) is -0.275. The SMILES string of the molecule is Cc1cc(C(C#N)Nc2cccc(Cl)c2)ccc1F. The lowest BCUT2D eigenvalue weighted by Gasteiger charge is -2.14. The van der Waals surface area contributed by atoms with E-state index in [0.29, 0.717) is 10.6 Å². The molecule has 2 rings (SSSR count). The number of nitriles is 1. The molecule has 2 aromatic carbocycles. The van der Waals surface area contributed by atoms with Gasteiger partial charge in [-0.15, -0.1) is 0 Å². The highest BCUT2D eigenvalue weighted by Crippen LogP contribution is 2.23. The number of halogens is 2. The van der Waals surface area contributed by atoms with Gasteiger partial charge in [0.05, 0.1) is 6.07 Å². The fraction of sp³-hybridized carbons (Fsp3) is 0.133. The topological polar surface area (TPSA) is 35.8 Å². The fourth-order valence-corrected chi connectivity index (χ4v) is 1.97. The number of anilines is 1. The normalized spacial score (nSPS) is 11.7. The van der Waals surface area contributed by atoms with E-state index in [9.17, 15) is 9.65 Å². The minimum atomic E-state index is -0.544. The zero-order valence-electron chi connectivity index (χ0n) is 10.3. The molecule has 19 heavy (non-hydrogen) atoms. The van der Waals surface area contributed by atoms with Crippen molar-refractivity contribution >= 4 is 17.3 Å². The van der Waals surface area contributed by atoms with Crippen molar-refractivity contribution < 1.29 is 4.39 Å². The smallest absolute Gasteiger partial charge is 0.140 e. The molecule has 0 saturated heterocycles. The molecule has 0 spiro atoms. The van der Waals surface area contributed by atoms with Crippen molar-refractivity contribution in [3.63, 3.8) is 0 Å². The van der Waals surface area contributed by atoms with E-state index in [1.807, 2.05) is 6.07 Å². The Kier molecular flexibility index (Phi) is 4.03. The van der Waals surface area contributed by atoms with E-state index < -0.39 is 6.04 Å². The predicted molar refractivity (Wildman–Crippen MR) is 74.6 cm³/mol. The zero-order valence-corrected chi connectivity index (χ0v) is 11.1. The molecule has 0 bridgehead atoms. The van der Waals surface area contributed by atoms with Gasteiger partial charge in [0.1, 0.15) is 11.9 Å². The van der Waals surface area contributed by atoms with Gasteiger partial charge in [0.15, 0.2) is 0 Å². The second kappa shape index (κ2) is 5.73. The number of nitrogens with one attached hydrogen (secondary N) is 1. The number of aryl methyl sites for hydroxylation is 1. The summed E-state index contributed by atoms with van der Waals surface area (Å²) in [4.78, 5) is 0. The molecule has 0 heterocycles. The second-order valence-electron chi connectivity index (χ2n) is 4.23. The third-order valence-electron chi connectivity index (χ3n) is 2.78. The largest absolute Gasteiger partial charge is 0.366 e. The first kappa shape index (κ1) is 13.4. The lowest BCUT2D eigenvalue weighted by atomic mass is 10.0. The maximum Gasteiger partial charge on any atom is 0.140 e. The van der Waals surface area contributed by atoms with Gasteiger partial charge in [-0.1, -0.05) is 29.8 Å². The third-order valence-corrected chi connectivity index (χ3v) is 3.02. The standard InChI is InChI=1S/C15H12ClFN2/c1-10-7-11(5-6-14(10)17)15(9-18)19-13-4-2-3-12(16)8-13/h2-8,15,19H,1H3. The summed E-state index contributed by atoms with van der Waals surface area (Å²) >= 11 is 5.89. The van der Waals surface area contributed by atoms with Crippen molar-refractivity contribution in [3.05, 3.63) is 64.4 Å². The zero-order chi connectivity index (χ0) is 13.8. The van der Waals surface area contributed by atoms with Crippen LogP contribution in [0.2, 0.25) is 5.02 Å². The van der Waals surface area contributed by atoms with E-state index in [1.54, 1.807) is 37.3 Å². The van der Waals surface area contributed by atoms with Crippen molar-refractivity contribution in [3.8, 4) is 6.07 Å². The molecule has 0 aliphatic carbocycles. The number of hydrogen-bond acceptors (Lipinski definition) is 2. The minimum Gasteiger partial charge on any atom is -0.366 e. The molecule has 0 aromatic heterocycles. The van der Waals surface area contributed by atoms with Crippen LogP contribution in [-0.4, -0.2) is 0 Å². The van der Waals surface area contributed by atoms with Crippen LogP contribution < -0.4 is 5.32 Å². The molecule has 96 valence electrons. The van der Waals surface area contributed by atoms with Gasteiger partial charge in [0.25, 0.3) is 0 Å². The molecule has 2 nitrogen and oxygen atoms in total. The summed E-state index contributed by atoms with van der Waals surface area (Å²) in [6.45, 7) is 1.67. The number of hydrogen-bond donors (Lipinski definition) is 1. The van der Waals surface area contributed by atoms with Gasteiger partial charge in [-0.2, -0.15) is 5.26 Å². The van der Waals surface area contributed by atoms with Crippen molar-refractivity contribution in [2.75, 3.05) is 5.32 Å². The minimum absolute atomic E-state index is 0.275. The first-order valence-electron chi connectivity index (χ1n) is 5.78. The summed E-state index contributed by atoms with van der Waals surface area (Å²) in [7, 11) is 0. The predicted octanol–water partition coefficient (Wildman–Crippen LogP) is 4.46. The van der Waals surface area contributed by atoms with Crippen LogP contribution in [0.1, 0.15) is 17.2 Å².